The maximum absolute atomic E-state index is 9.27. The average molecular weight is 285 g/mol. The highest BCUT2D eigenvalue weighted by molar-refractivity contribution is 6.31. The van der Waals surface area contributed by atoms with E-state index in [9.17, 15) is 5.26 Å². The molecule has 0 bridgehead atoms. The van der Waals surface area contributed by atoms with Gasteiger partial charge in [0.25, 0.3) is 0 Å². The van der Waals surface area contributed by atoms with E-state index in [0.717, 1.165) is 5.69 Å². The molecule has 0 N–H and O–H groups in total. The van der Waals surface area contributed by atoms with Crippen LogP contribution in [0.5, 0.6) is 0 Å². The number of aromatic nitrogens is 2. The van der Waals surface area contributed by atoms with Crippen LogP contribution in [0.4, 0.5) is 0 Å². The van der Waals surface area contributed by atoms with Crippen molar-refractivity contribution < 1.29 is 0 Å². The second-order valence-electron chi connectivity index (χ2n) is 5.45. The van der Waals surface area contributed by atoms with Crippen LogP contribution in [0.1, 0.15) is 37.6 Å². The van der Waals surface area contributed by atoms with Crippen LogP contribution in [0.25, 0.3) is 5.69 Å². The Labute approximate surface area is 122 Å². The zero-order chi connectivity index (χ0) is 14.9. The number of nitrogens with zero attached hydrogens (tertiary/aromatic N) is 4. The third kappa shape index (κ3) is 2.39. The first-order chi connectivity index (χ1) is 9.38. The van der Waals surface area contributed by atoms with E-state index in [1.54, 1.807) is 24.3 Å². The smallest absolute Gasteiger partial charge is 0.150 e. The van der Waals surface area contributed by atoms with Crippen LogP contribution < -0.4 is 0 Å². The Hall–Kier alpha value is -2.30. The molecule has 20 heavy (non-hydrogen) atoms. The van der Waals surface area contributed by atoms with Crippen LogP contribution in [-0.2, 0) is 5.41 Å². The topological polar surface area (TPSA) is 65.4 Å². The highest BCUT2D eigenvalue weighted by Gasteiger charge is 2.26. The van der Waals surface area contributed by atoms with Crippen molar-refractivity contribution in [2.75, 3.05) is 0 Å². The first-order valence-electron chi connectivity index (χ1n) is 6.08. The van der Waals surface area contributed by atoms with Gasteiger partial charge in [-0.05, 0) is 24.3 Å². The molecule has 0 fully saturated rings. The fourth-order valence-electron chi connectivity index (χ4n) is 1.87. The molecule has 0 saturated carbocycles. The van der Waals surface area contributed by atoms with Crippen LogP contribution in [-0.4, -0.2) is 9.78 Å². The summed E-state index contributed by atoms with van der Waals surface area (Å²) in [5.41, 5.74) is 2.07. The molecule has 4 nitrogen and oxygen atoms in total. The Morgan fingerprint density at radius 2 is 1.70 bits per heavy atom. The van der Waals surface area contributed by atoms with Crippen LogP contribution in [0.2, 0.25) is 5.15 Å². The SMILES string of the molecule is CC(C)(C)c1nn(-c2ccc(C#N)cc2)c(Cl)c1C#N. The number of benzene rings is 1. The Morgan fingerprint density at radius 1 is 1.10 bits per heavy atom. The third-order valence-electron chi connectivity index (χ3n) is 2.89. The molecule has 1 aromatic carbocycles. The molecule has 0 amide bonds. The first kappa shape index (κ1) is 14.1. The molecule has 0 spiro atoms. The van der Waals surface area contributed by atoms with Crippen molar-refractivity contribution >= 4 is 11.6 Å². The fourth-order valence-corrected chi connectivity index (χ4v) is 2.14. The number of halogens is 1. The van der Waals surface area contributed by atoms with Crippen LogP contribution in [0, 0.1) is 22.7 Å². The lowest BCUT2D eigenvalue weighted by Crippen LogP contribution is -2.14. The average Bonchev–Trinajstić information content (AvgIpc) is 2.76. The van der Waals surface area contributed by atoms with Gasteiger partial charge in [-0.3, -0.25) is 0 Å². The van der Waals surface area contributed by atoms with Gasteiger partial charge >= 0.3 is 0 Å². The minimum atomic E-state index is -0.271. The summed E-state index contributed by atoms with van der Waals surface area (Å²) in [6.45, 7) is 5.95. The molecular weight excluding hydrogens is 272 g/mol. The van der Waals surface area contributed by atoms with E-state index in [4.69, 9.17) is 16.9 Å². The van der Waals surface area contributed by atoms with Crippen LogP contribution in [0.15, 0.2) is 24.3 Å². The second kappa shape index (κ2) is 5.00. The van der Waals surface area contributed by atoms with E-state index < -0.39 is 0 Å². The number of hydrogen-bond donors (Lipinski definition) is 0. The van der Waals surface area contributed by atoms with E-state index in [-0.39, 0.29) is 5.41 Å². The van der Waals surface area contributed by atoms with Crippen molar-refractivity contribution in [3.63, 3.8) is 0 Å². The van der Waals surface area contributed by atoms with Crippen molar-refractivity contribution in [3.8, 4) is 17.8 Å². The summed E-state index contributed by atoms with van der Waals surface area (Å²) < 4.78 is 1.53. The van der Waals surface area contributed by atoms with Gasteiger partial charge in [0.15, 0.2) is 5.15 Å². The van der Waals surface area contributed by atoms with Crippen LogP contribution in [0.3, 0.4) is 0 Å². The second-order valence-corrected chi connectivity index (χ2v) is 5.80. The molecule has 1 aromatic heterocycles. The largest absolute Gasteiger partial charge is 0.221 e. The Morgan fingerprint density at radius 3 is 2.10 bits per heavy atom. The zero-order valence-corrected chi connectivity index (χ0v) is 12.2. The maximum atomic E-state index is 9.27. The molecule has 0 saturated heterocycles. The van der Waals surface area contributed by atoms with Crippen molar-refractivity contribution in [1.82, 2.24) is 9.78 Å². The summed E-state index contributed by atoms with van der Waals surface area (Å²) in [6, 6.07) is 11.1. The quantitative estimate of drug-likeness (QED) is 0.804. The fraction of sp³-hybridized carbons (Fsp3) is 0.267. The Bertz CT molecular complexity index is 721. The third-order valence-corrected chi connectivity index (χ3v) is 3.24. The lowest BCUT2D eigenvalue weighted by molar-refractivity contribution is 0.559. The van der Waals surface area contributed by atoms with Gasteiger partial charge in [-0.25, -0.2) is 4.68 Å². The van der Waals surface area contributed by atoms with E-state index in [1.165, 1.54) is 4.68 Å². The summed E-state index contributed by atoms with van der Waals surface area (Å²) in [4.78, 5) is 0. The van der Waals surface area contributed by atoms with Gasteiger partial charge in [0, 0.05) is 5.41 Å². The van der Waals surface area contributed by atoms with Crippen molar-refractivity contribution in [2.45, 2.75) is 26.2 Å². The summed E-state index contributed by atoms with van der Waals surface area (Å²) in [5, 5.41) is 22.8. The first-order valence-corrected chi connectivity index (χ1v) is 6.46. The van der Waals surface area contributed by atoms with Gasteiger partial charge in [-0.2, -0.15) is 15.6 Å². The highest BCUT2D eigenvalue weighted by atomic mass is 35.5. The van der Waals surface area contributed by atoms with E-state index in [1.807, 2.05) is 20.8 Å². The molecule has 1 heterocycles. The molecular formula is C15H13ClN4. The molecule has 0 radical (unpaired) electrons. The number of rotatable bonds is 1. The molecule has 0 aliphatic heterocycles. The normalized spacial score (nSPS) is 10.9. The van der Waals surface area contributed by atoms with Crippen molar-refractivity contribution in [1.29, 1.82) is 10.5 Å². The molecule has 5 heteroatoms. The molecule has 100 valence electrons. The Kier molecular flexibility index (Phi) is 3.53. The molecule has 2 aromatic rings. The van der Waals surface area contributed by atoms with Crippen molar-refractivity contribution in [3.05, 3.63) is 46.2 Å². The minimum absolute atomic E-state index is 0.271. The molecule has 0 unspecified atom stereocenters. The number of hydrogen-bond acceptors (Lipinski definition) is 3. The minimum Gasteiger partial charge on any atom is -0.221 e. The maximum Gasteiger partial charge on any atom is 0.150 e. The van der Waals surface area contributed by atoms with Crippen molar-refractivity contribution in [2.24, 2.45) is 0 Å². The monoisotopic (exact) mass is 284 g/mol. The van der Waals surface area contributed by atoms with Gasteiger partial charge < -0.3 is 0 Å². The van der Waals surface area contributed by atoms with Gasteiger partial charge in [-0.1, -0.05) is 32.4 Å². The Balaban J connectivity index is 2.61. The van der Waals surface area contributed by atoms with Gasteiger partial charge in [0.05, 0.1) is 23.0 Å². The van der Waals surface area contributed by atoms with E-state index >= 15 is 0 Å². The number of nitriles is 2. The van der Waals surface area contributed by atoms with E-state index in [0.29, 0.717) is 22.0 Å². The van der Waals surface area contributed by atoms with E-state index in [2.05, 4.69) is 17.2 Å². The lowest BCUT2D eigenvalue weighted by atomic mass is 9.90. The summed E-state index contributed by atoms with van der Waals surface area (Å²) >= 11 is 6.26. The standard InChI is InChI=1S/C15H13ClN4/c1-15(2,3)13-12(9-18)14(16)20(19-13)11-6-4-10(8-17)5-7-11/h4-7H,1-3H3. The van der Waals surface area contributed by atoms with Gasteiger partial charge in [0.1, 0.15) is 11.6 Å². The molecule has 0 aliphatic carbocycles. The lowest BCUT2D eigenvalue weighted by Gasteiger charge is -2.15. The highest BCUT2D eigenvalue weighted by Crippen LogP contribution is 2.31. The molecule has 2 rings (SSSR count). The predicted molar refractivity (Wildman–Crippen MR) is 76.7 cm³/mol. The van der Waals surface area contributed by atoms with Gasteiger partial charge in [-0.15, -0.1) is 0 Å². The summed E-state index contributed by atoms with van der Waals surface area (Å²) in [7, 11) is 0. The van der Waals surface area contributed by atoms with Crippen LogP contribution >= 0.6 is 11.6 Å². The summed E-state index contributed by atoms with van der Waals surface area (Å²) in [6.07, 6.45) is 0. The predicted octanol–water partition coefficient (Wildman–Crippen LogP) is 3.57. The zero-order valence-electron chi connectivity index (χ0n) is 11.5. The summed E-state index contributed by atoms with van der Waals surface area (Å²) in [5.74, 6) is 0. The molecule has 0 aliphatic rings. The van der Waals surface area contributed by atoms with Gasteiger partial charge in [0.2, 0.25) is 0 Å². The molecule has 0 atom stereocenters.